The van der Waals surface area contributed by atoms with E-state index >= 15 is 0 Å². The SMILES string of the molecule is CCNC(c1cncc2ccccc12)C1CSCCO1. The number of rotatable bonds is 4. The molecule has 3 nitrogen and oxygen atoms in total. The van der Waals surface area contributed by atoms with Crippen molar-refractivity contribution >= 4 is 22.5 Å². The van der Waals surface area contributed by atoms with Crippen LogP contribution in [0.1, 0.15) is 18.5 Å². The van der Waals surface area contributed by atoms with E-state index in [9.17, 15) is 0 Å². The predicted octanol–water partition coefficient (Wildman–Crippen LogP) is 3.02. The fourth-order valence-electron chi connectivity index (χ4n) is 2.75. The van der Waals surface area contributed by atoms with Crippen molar-refractivity contribution in [1.29, 1.82) is 0 Å². The van der Waals surface area contributed by atoms with E-state index in [0.717, 1.165) is 24.7 Å². The molecular formula is C16H20N2OS. The Morgan fingerprint density at radius 2 is 2.30 bits per heavy atom. The van der Waals surface area contributed by atoms with Gasteiger partial charge in [0.1, 0.15) is 0 Å². The summed E-state index contributed by atoms with van der Waals surface area (Å²) in [6.07, 6.45) is 4.14. The quantitative estimate of drug-likeness (QED) is 0.938. The fraction of sp³-hybridized carbons (Fsp3) is 0.438. The zero-order valence-electron chi connectivity index (χ0n) is 11.7. The summed E-state index contributed by atoms with van der Waals surface area (Å²) in [6, 6.07) is 8.65. The van der Waals surface area contributed by atoms with Gasteiger partial charge in [-0.15, -0.1) is 0 Å². The molecule has 0 bridgehead atoms. The monoisotopic (exact) mass is 288 g/mol. The molecular weight excluding hydrogens is 268 g/mol. The van der Waals surface area contributed by atoms with Gasteiger partial charge in [-0.3, -0.25) is 4.98 Å². The first-order chi connectivity index (χ1) is 9.90. The van der Waals surface area contributed by atoms with Crippen LogP contribution in [-0.2, 0) is 4.74 Å². The second-order valence-corrected chi connectivity index (χ2v) is 6.12. The van der Waals surface area contributed by atoms with E-state index in [-0.39, 0.29) is 12.1 Å². The number of benzene rings is 1. The van der Waals surface area contributed by atoms with Crippen molar-refractivity contribution < 1.29 is 4.74 Å². The maximum absolute atomic E-state index is 5.98. The van der Waals surface area contributed by atoms with Crippen molar-refractivity contribution in [3.63, 3.8) is 0 Å². The largest absolute Gasteiger partial charge is 0.375 e. The summed E-state index contributed by atoms with van der Waals surface area (Å²) in [4.78, 5) is 4.41. The molecule has 20 heavy (non-hydrogen) atoms. The zero-order chi connectivity index (χ0) is 13.8. The topological polar surface area (TPSA) is 34.2 Å². The molecule has 2 heterocycles. The Bertz CT molecular complexity index is 564. The van der Waals surface area contributed by atoms with Crippen LogP contribution in [0.25, 0.3) is 10.8 Å². The number of ether oxygens (including phenoxy) is 1. The third kappa shape index (κ3) is 2.82. The normalized spacial score (nSPS) is 20.9. The first-order valence-corrected chi connectivity index (χ1v) is 8.31. The van der Waals surface area contributed by atoms with E-state index in [1.807, 2.05) is 24.2 Å². The summed E-state index contributed by atoms with van der Waals surface area (Å²) in [5.41, 5.74) is 1.25. The molecule has 1 aromatic heterocycles. The first-order valence-electron chi connectivity index (χ1n) is 7.15. The van der Waals surface area contributed by atoms with Gasteiger partial charge in [0.05, 0.1) is 18.8 Å². The van der Waals surface area contributed by atoms with Crippen molar-refractivity contribution in [2.24, 2.45) is 0 Å². The van der Waals surface area contributed by atoms with Gasteiger partial charge < -0.3 is 10.1 Å². The third-order valence-electron chi connectivity index (χ3n) is 3.67. The molecule has 1 N–H and O–H groups in total. The van der Waals surface area contributed by atoms with Crippen LogP contribution in [0.15, 0.2) is 36.7 Å². The van der Waals surface area contributed by atoms with E-state index in [4.69, 9.17) is 4.74 Å². The van der Waals surface area contributed by atoms with Crippen LogP contribution in [0.4, 0.5) is 0 Å². The minimum Gasteiger partial charge on any atom is -0.375 e. The van der Waals surface area contributed by atoms with Crippen LogP contribution >= 0.6 is 11.8 Å². The molecule has 2 unspecified atom stereocenters. The van der Waals surface area contributed by atoms with Gasteiger partial charge in [-0.25, -0.2) is 0 Å². The number of nitrogens with zero attached hydrogens (tertiary/aromatic N) is 1. The highest BCUT2D eigenvalue weighted by molar-refractivity contribution is 7.99. The molecule has 1 saturated heterocycles. The number of aromatic nitrogens is 1. The van der Waals surface area contributed by atoms with Crippen LogP contribution in [0, 0.1) is 0 Å². The average Bonchev–Trinajstić information content (AvgIpc) is 2.53. The second-order valence-electron chi connectivity index (χ2n) is 4.97. The number of hydrogen-bond acceptors (Lipinski definition) is 4. The Kier molecular flexibility index (Phi) is 4.55. The Morgan fingerprint density at radius 3 is 3.10 bits per heavy atom. The summed E-state index contributed by atoms with van der Waals surface area (Å²) >= 11 is 1.97. The molecule has 0 spiro atoms. The maximum atomic E-state index is 5.98. The van der Waals surface area contributed by atoms with Crippen molar-refractivity contribution in [2.75, 3.05) is 24.7 Å². The summed E-state index contributed by atoms with van der Waals surface area (Å²) in [7, 11) is 0. The molecule has 1 aromatic carbocycles. The van der Waals surface area contributed by atoms with Crippen LogP contribution in [-0.4, -0.2) is 35.7 Å². The highest BCUT2D eigenvalue weighted by Crippen LogP contribution is 2.29. The van der Waals surface area contributed by atoms with Gasteiger partial charge in [0.15, 0.2) is 0 Å². The molecule has 1 fully saturated rings. The Morgan fingerprint density at radius 1 is 1.40 bits per heavy atom. The lowest BCUT2D eigenvalue weighted by molar-refractivity contribution is 0.0475. The van der Waals surface area contributed by atoms with Crippen LogP contribution in [0.3, 0.4) is 0 Å². The van der Waals surface area contributed by atoms with Crippen molar-refractivity contribution in [3.05, 3.63) is 42.2 Å². The van der Waals surface area contributed by atoms with E-state index in [1.54, 1.807) is 0 Å². The third-order valence-corrected chi connectivity index (χ3v) is 4.69. The van der Waals surface area contributed by atoms with E-state index in [2.05, 4.69) is 41.5 Å². The zero-order valence-corrected chi connectivity index (χ0v) is 12.5. The van der Waals surface area contributed by atoms with Gasteiger partial charge in [-0.1, -0.05) is 31.2 Å². The molecule has 106 valence electrons. The van der Waals surface area contributed by atoms with Crippen LogP contribution < -0.4 is 5.32 Å². The number of pyridine rings is 1. The highest BCUT2D eigenvalue weighted by Gasteiger charge is 2.27. The summed E-state index contributed by atoms with van der Waals surface area (Å²) in [6.45, 7) is 3.91. The van der Waals surface area contributed by atoms with E-state index in [0.29, 0.717) is 0 Å². The molecule has 0 saturated carbocycles. The summed E-state index contributed by atoms with van der Waals surface area (Å²) in [5, 5.41) is 6.04. The molecule has 3 rings (SSSR count). The van der Waals surface area contributed by atoms with E-state index in [1.165, 1.54) is 16.3 Å². The lowest BCUT2D eigenvalue weighted by Crippen LogP contribution is -2.38. The Labute approximate surface area is 124 Å². The van der Waals surface area contributed by atoms with E-state index < -0.39 is 0 Å². The van der Waals surface area contributed by atoms with Crippen LogP contribution in [0.2, 0.25) is 0 Å². The van der Waals surface area contributed by atoms with Gasteiger partial charge in [0.25, 0.3) is 0 Å². The van der Waals surface area contributed by atoms with Crippen molar-refractivity contribution in [2.45, 2.75) is 19.1 Å². The molecule has 1 aliphatic rings. The Balaban J connectivity index is 2.00. The lowest BCUT2D eigenvalue weighted by Gasteiger charge is -2.31. The Hall–Kier alpha value is -1.10. The van der Waals surface area contributed by atoms with Gasteiger partial charge in [0, 0.05) is 29.3 Å². The minimum atomic E-state index is 0.214. The number of likely N-dealkylation sites (N-methyl/N-ethyl adjacent to an activating group) is 1. The van der Waals surface area contributed by atoms with Gasteiger partial charge in [-0.05, 0) is 17.5 Å². The highest BCUT2D eigenvalue weighted by atomic mass is 32.2. The van der Waals surface area contributed by atoms with Crippen molar-refractivity contribution in [1.82, 2.24) is 10.3 Å². The number of nitrogens with one attached hydrogen (secondary N) is 1. The minimum absolute atomic E-state index is 0.214. The summed E-state index contributed by atoms with van der Waals surface area (Å²) < 4.78 is 5.98. The molecule has 2 atom stereocenters. The lowest BCUT2D eigenvalue weighted by atomic mass is 9.98. The first kappa shape index (κ1) is 13.9. The predicted molar refractivity (Wildman–Crippen MR) is 85.2 cm³/mol. The summed E-state index contributed by atoms with van der Waals surface area (Å²) in [5.74, 6) is 2.14. The number of fused-ring (bicyclic) bond motifs is 1. The smallest absolute Gasteiger partial charge is 0.0861 e. The molecule has 1 aliphatic heterocycles. The number of thioether (sulfide) groups is 1. The molecule has 0 radical (unpaired) electrons. The van der Waals surface area contributed by atoms with Crippen molar-refractivity contribution in [3.8, 4) is 0 Å². The molecule has 2 aromatic rings. The fourth-order valence-corrected chi connectivity index (χ4v) is 3.65. The molecule has 4 heteroatoms. The standard InChI is InChI=1S/C16H20N2OS/c1-2-18-16(15-11-20-8-7-19-15)14-10-17-9-12-5-3-4-6-13(12)14/h3-6,9-10,15-16,18H,2,7-8,11H2,1H3. The molecule has 0 amide bonds. The maximum Gasteiger partial charge on any atom is 0.0861 e. The number of hydrogen-bond donors (Lipinski definition) is 1. The van der Waals surface area contributed by atoms with Crippen LogP contribution in [0.5, 0.6) is 0 Å². The van der Waals surface area contributed by atoms with Gasteiger partial charge in [0.2, 0.25) is 0 Å². The average molecular weight is 288 g/mol. The van der Waals surface area contributed by atoms with Gasteiger partial charge >= 0.3 is 0 Å². The second kappa shape index (κ2) is 6.57. The van der Waals surface area contributed by atoms with Gasteiger partial charge in [-0.2, -0.15) is 11.8 Å². The molecule has 0 aliphatic carbocycles.